The maximum Gasteiger partial charge on any atom is 0.261 e. The zero-order valence-corrected chi connectivity index (χ0v) is 17.8. The number of amides is 1. The molecule has 0 aliphatic carbocycles. The molecule has 32 heavy (non-hydrogen) atoms. The first kappa shape index (κ1) is 22.0. The van der Waals surface area contributed by atoms with Gasteiger partial charge in [0.25, 0.3) is 5.56 Å². The number of nitrogens with zero attached hydrogens (tertiary/aromatic N) is 5. The predicted octanol–water partition coefficient (Wildman–Crippen LogP) is 1.68. The van der Waals surface area contributed by atoms with E-state index >= 15 is 0 Å². The summed E-state index contributed by atoms with van der Waals surface area (Å²) in [6.07, 6.45) is 5.54. The van der Waals surface area contributed by atoms with Crippen LogP contribution >= 0.6 is 0 Å². The molecule has 1 amide bonds. The summed E-state index contributed by atoms with van der Waals surface area (Å²) in [5.74, 6) is -0.702. The minimum Gasteiger partial charge on any atom is -0.379 e. The lowest BCUT2D eigenvalue weighted by Crippen LogP contribution is -2.40. The molecule has 8 nitrogen and oxygen atoms in total. The van der Waals surface area contributed by atoms with Crippen molar-refractivity contribution in [2.75, 3.05) is 39.4 Å². The van der Waals surface area contributed by atoms with Crippen molar-refractivity contribution >= 4 is 16.8 Å². The van der Waals surface area contributed by atoms with Gasteiger partial charge in [0.2, 0.25) is 5.91 Å². The number of benzene rings is 1. The number of aromatic nitrogens is 3. The summed E-state index contributed by atoms with van der Waals surface area (Å²) in [6, 6.07) is 7.61. The van der Waals surface area contributed by atoms with Gasteiger partial charge in [0.05, 0.1) is 30.4 Å². The van der Waals surface area contributed by atoms with Crippen LogP contribution in [0.15, 0.2) is 53.8 Å². The molecule has 0 N–H and O–H groups in total. The molecule has 3 aromatic rings. The monoisotopic (exact) mass is 439 g/mol. The molecule has 1 aromatic carbocycles. The molecule has 1 saturated heterocycles. The van der Waals surface area contributed by atoms with Crippen molar-refractivity contribution in [3.05, 3.63) is 70.8 Å². The van der Waals surface area contributed by atoms with Crippen LogP contribution in [0.4, 0.5) is 4.39 Å². The number of fused-ring (bicyclic) bond motifs is 1. The maximum absolute atomic E-state index is 13.6. The third-order valence-corrected chi connectivity index (χ3v) is 5.57. The minimum atomic E-state index is -0.511. The molecule has 3 heterocycles. The van der Waals surface area contributed by atoms with Crippen LogP contribution in [0.2, 0.25) is 0 Å². The maximum atomic E-state index is 13.6. The number of carbonyl (C=O) groups excluding carboxylic acids is 1. The number of morpholine rings is 1. The smallest absolute Gasteiger partial charge is 0.261 e. The van der Waals surface area contributed by atoms with Crippen LogP contribution in [-0.4, -0.2) is 69.6 Å². The molecular weight excluding hydrogens is 413 g/mol. The fraction of sp³-hybridized carbons (Fsp3) is 0.391. The van der Waals surface area contributed by atoms with Gasteiger partial charge in [-0.15, -0.1) is 0 Å². The van der Waals surface area contributed by atoms with Crippen molar-refractivity contribution in [3.8, 4) is 0 Å². The Morgan fingerprint density at radius 1 is 1.16 bits per heavy atom. The first-order valence-corrected chi connectivity index (χ1v) is 10.7. The van der Waals surface area contributed by atoms with E-state index in [2.05, 4.69) is 14.9 Å². The molecule has 168 valence electrons. The second-order valence-corrected chi connectivity index (χ2v) is 7.82. The number of rotatable bonds is 8. The normalized spacial score (nSPS) is 14.5. The molecule has 0 unspecified atom stereocenters. The van der Waals surface area contributed by atoms with Gasteiger partial charge in [-0.25, -0.2) is 9.37 Å². The van der Waals surface area contributed by atoms with Crippen LogP contribution < -0.4 is 5.56 Å². The third-order valence-electron chi connectivity index (χ3n) is 5.57. The molecule has 0 bridgehead atoms. The first-order chi connectivity index (χ1) is 15.6. The van der Waals surface area contributed by atoms with Gasteiger partial charge in [0.1, 0.15) is 12.4 Å². The predicted molar refractivity (Wildman–Crippen MR) is 117 cm³/mol. The van der Waals surface area contributed by atoms with E-state index in [1.807, 2.05) is 12.1 Å². The van der Waals surface area contributed by atoms with Gasteiger partial charge in [-0.05, 0) is 42.3 Å². The van der Waals surface area contributed by atoms with Crippen LogP contribution in [0.1, 0.15) is 12.0 Å². The second-order valence-electron chi connectivity index (χ2n) is 7.82. The average Bonchev–Trinajstić information content (AvgIpc) is 2.82. The summed E-state index contributed by atoms with van der Waals surface area (Å²) >= 11 is 0. The number of hydrogen-bond donors (Lipinski definition) is 0. The average molecular weight is 439 g/mol. The second kappa shape index (κ2) is 10.4. The van der Waals surface area contributed by atoms with E-state index in [9.17, 15) is 14.0 Å². The Labute approximate surface area is 185 Å². The van der Waals surface area contributed by atoms with Gasteiger partial charge in [0.15, 0.2) is 0 Å². The molecule has 1 fully saturated rings. The SMILES string of the molecule is O=C(Cn1cnc2ccc(F)cc2c1=O)N(CCCN1CCOCC1)Cc1ccncc1. The number of pyridine rings is 1. The lowest BCUT2D eigenvalue weighted by Gasteiger charge is -2.28. The quantitative estimate of drug-likeness (QED) is 0.531. The molecular formula is C23H26FN5O3. The molecule has 0 spiro atoms. The standard InChI is InChI=1S/C23H26FN5O3/c24-19-2-3-21-20(14-19)23(31)29(17-26-21)16-22(30)28(15-18-4-6-25-7-5-18)9-1-8-27-10-12-32-13-11-27/h2-7,14,17H,1,8-13,15-16H2. The zero-order chi connectivity index (χ0) is 22.3. The van der Waals surface area contributed by atoms with Gasteiger partial charge in [0, 0.05) is 45.1 Å². The minimum absolute atomic E-state index is 0.152. The third kappa shape index (κ3) is 5.54. The highest BCUT2D eigenvalue weighted by Crippen LogP contribution is 2.10. The van der Waals surface area contributed by atoms with Crippen molar-refractivity contribution in [3.63, 3.8) is 0 Å². The molecule has 0 radical (unpaired) electrons. The molecule has 0 saturated carbocycles. The molecule has 9 heteroatoms. The van der Waals surface area contributed by atoms with Crippen molar-refractivity contribution in [1.82, 2.24) is 24.3 Å². The van der Waals surface area contributed by atoms with E-state index in [4.69, 9.17) is 4.74 Å². The summed E-state index contributed by atoms with van der Waals surface area (Å²) in [5, 5.41) is 0.160. The highest BCUT2D eigenvalue weighted by atomic mass is 19.1. The lowest BCUT2D eigenvalue weighted by molar-refractivity contribution is -0.132. The summed E-state index contributed by atoms with van der Waals surface area (Å²) < 4.78 is 20.2. The number of ether oxygens (including phenoxy) is 1. The fourth-order valence-corrected chi connectivity index (χ4v) is 3.80. The summed E-state index contributed by atoms with van der Waals surface area (Å²) in [7, 11) is 0. The topological polar surface area (TPSA) is 80.6 Å². The molecule has 0 atom stereocenters. The summed E-state index contributed by atoms with van der Waals surface area (Å²) in [6.45, 7) is 4.97. The lowest BCUT2D eigenvalue weighted by atomic mass is 10.2. The van der Waals surface area contributed by atoms with Crippen LogP contribution in [0.25, 0.3) is 10.9 Å². The Morgan fingerprint density at radius 3 is 2.72 bits per heavy atom. The van der Waals surface area contributed by atoms with Crippen LogP contribution in [0.5, 0.6) is 0 Å². The van der Waals surface area contributed by atoms with Crippen molar-refractivity contribution < 1.29 is 13.9 Å². The first-order valence-electron chi connectivity index (χ1n) is 10.7. The van der Waals surface area contributed by atoms with E-state index in [1.54, 1.807) is 17.3 Å². The van der Waals surface area contributed by atoms with Crippen molar-refractivity contribution in [2.24, 2.45) is 0 Å². The van der Waals surface area contributed by atoms with Crippen LogP contribution in [0.3, 0.4) is 0 Å². The van der Waals surface area contributed by atoms with Gasteiger partial charge in [-0.3, -0.25) is 24.0 Å². The van der Waals surface area contributed by atoms with Crippen LogP contribution in [0, 0.1) is 5.82 Å². The highest BCUT2D eigenvalue weighted by Gasteiger charge is 2.18. The Bertz CT molecular complexity index is 1120. The Balaban J connectivity index is 1.48. The van der Waals surface area contributed by atoms with E-state index in [0.717, 1.165) is 50.9 Å². The summed E-state index contributed by atoms with van der Waals surface area (Å²) in [5.41, 5.74) is 0.935. The fourth-order valence-electron chi connectivity index (χ4n) is 3.80. The highest BCUT2D eigenvalue weighted by molar-refractivity contribution is 5.79. The Hall–Kier alpha value is -3.17. The van der Waals surface area contributed by atoms with Gasteiger partial charge < -0.3 is 9.64 Å². The number of halogens is 1. The molecule has 1 aliphatic rings. The molecule has 4 rings (SSSR count). The Kier molecular flexibility index (Phi) is 7.18. The van der Waals surface area contributed by atoms with E-state index in [0.29, 0.717) is 18.6 Å². The zero-order valence-electron chi connectivity index (χ0n) is 17.8. The van der Waals surface area contributed by atoms with Crippen molar-refractivity contribution in [2.45, 2.75) is 19.5 Å². The summed E-state index contributed by atoms with van der Waals surface area (Å²) in [4.78, 5) is 38.2. The van der Waals surface area contributed by atoms with Gasteiger partial charge >= 0.3 is 0 Å². The Morgan fingerprint density at radius 2 is 1.94 bits per heavy atom. The van der Waals surface area contributed by atoms with E-state index < -0.39 is 11.4 Å². The van der Waals surface area contributed by atoms with E-state index in [1.165, 1.54) is 23.0 Å². The van der Waals surface area contributed by atoms with Crippen molar-refractivity contribution in [1.29, 1.82) is 0 Å². The largest absolute Gasteiger partial charge is 0.379 e. The van der Waals surface area contributed by atoms with Crippen LogP contribution in [-0.2, 0) is 22.6 Å². The molecule has 2 aromatic heterocycles. The van der Waals surface area contributed by atoms with E-state index in [-0.39, 0.29) is 17.8 Å². The number of carbonyl (C=O) groups is 1. The molecule has 1 aliphatic heterocycles. The number of hydrogen-bond acceptors (Lipinski definition) is 6. The van der Waals surface area contributed by atoms with Gasteiger partial charge in [-0.2, -0.15) is 0 Å². The van der Waals surface area contributed by atoms with Gasteiger partial charge in [-0.1, -0.05) is 0 Å².